The summed E-state index contributed by atoms with van der Waals surface area (Å²) in [7, 11) is 0. The van der Waals surface area contributed by atoms with Crippen LogP contribution in [-0.2, 0) is 6.54 Å². The maximum Gasteiger partial charge on any atom is 0.315 e. The maximum atomic E-state index is 11.8. The topological polar surface area (TPSA) is 71.3 Å². The first-order valence-electron chi connectivity index (χ1n) is 7.07. The van der Waals surface area contributed by atoms with Crippen LogP contribution >= 0.6 is 11.3 Å². The number of carbonyl (C=O) groups is 1. The fourth-order valence-electron chi connectivity index (χ4n) is 2.56. The molecule has 0 aromatic carbocycles. The molecule has 2 N–H and O–H groups in total. The van der Waals surface area contributed by atoms with E-state index in [9.17, 15) is 4.79 Å². The van der Waals surface area contributed by atoms with Gasteiger partial charge in [0.05, 0.1) is 18.4 Å². The highest BCUT2D eigenvalue weighted by Crippen LogP contribution is 2.17. The third-order valence-corrected chi connectivity index (χ3v) is 4.47. The predicted octanol–water partition coefficient (Wildman–Crippen LogP) is 2.23. The zero-order valence-corrected chi connectivity index (χ0v) is 12.4. The molecule has 108 valence electrons. The van der Waals surface area contributed by atoms with Gasteiger partial charge in [-0.1, -0.05) is 30.6 Å². The van der Waals surface area contributed by atoms with Gasteiger partial charge in [-0.25, -0.2) is 14.3 Å². The predicted molar refractivity (Wildman–Crippen MR) is 77.8 cm³/mol. The van der Waals surface area contributed by atoms with Crippen LogP contribution in [0.3, 0.4) is 0 Å². The number of amides is 2. The molecule has 0 spiro atoms. The van der Waals surface area contributed by atoms with Crippen LogP contribution in [0.1, 0.15) is 42.8 Å². The van der Waals surface area contributed by atoms with Crippen molar-refractivity contribution in [3.05, 3.63) is 16.9 Å². The molecule has 0 aliphatic heterocycles. The molecule has 2 aromatic heterocycles. The van der Waals surface area contributed by atoms with Crippen molar-refractivity contribution in [2.45, 2.75) is 51.6 Å². The quantitative estimate of drug-likeness (QED) is 0.911. The fraction of sp³-hybridized carbons (Fsp3) is 0.615. The number of urea groups is 1. The van der Waals surface area contributed by atoms with Crippen molar-refractivity contribution in [1.29, 1.82) is 0 Å². The third kappa shape index (κ3) is 3.09. The number of hydrogen-bond acceptors (Lipinski definition) is 4. The molecule has 0 atom stereocenters. The summed E-state index contributed by atoms with van der Waals surface area (Å²) in [5.41, 5.74) is 0.957. The van der Waals surface area contributed by atoms with Gasteiger partial charge in [0.15, 0.2) is 0 Å². The molecule has 0 radical (unpaired) electrons. The second kappa shape index (κ2) is 5.78. The lowest BCUT2D eigenvalue weighted by Crippen LogP contribution is -2.42. The van der Waals surface area contributed by atoms with Crippen molar-refractivity contribution in [1.82, 2.24) is 25.2 Å². The molecule has 1 aliphatic carbocycles. The Hall–Kier alpha value is -1.63. The van der Waals surface area contributed by atoms with Gasteiger partial charge in [0.1, 0.15) is 5.01 Å². The summed E-state index contributed by atoms with van der Waals surface area (Å²) in [5, 5.41) is 11.1. The normalized spacial score (nSPS) is 16.4. The van der Waals surface area contributed by atoms with Crippen LogP contribution in [0, 0.1) is 6.92 Å². The van der Waals surface area contributed by atoms with Gasteiger partial charge in [-0.2, -0.15) is 5.10 Å². The molecular formula is C13H19N5OS. The summed E-state index contributed by atoms with van der Waals surface area (Å²) in [6.45, 7) is 2.39. The molecular weight excluding hydrogens is 274 g/mol. The van der Waals surface area contributed by atoms with Gasteiger partial charge >= 0.3 is 6.03 Å². The zero-order chi connectivity index (χ0) is 13.9. The average molecular weight is 293 g/mol. The second-order valence-electron chi connectivity index (χ2n) is 5.27. The largest absolute Gasteiger partial charge is 0.335 e. The Balaban J connectivity index is 1.50. The number of aromatic nitrogens is 3. The van der Waals surface area contributed by atoms with Crippen LogP contribution < -0.4 is 10.6 Å². The van der Waals surface area contributed by atoms with E-state index in [0.717, 1.165) is 28.5 Å². The van der Waals surface area contributed by atoms with Crippen LogP contribution in [0.25, 0.3) is 4.96 Å². The van der Waals surface area contributed by atoms with Crippen molar-refractivity contribution in [2.75, 3.05) is 0 Å². The number of nitrogens with one attached hydrogen (secondary N) is 2. The summed E-state index contributed by atoms with van der Waals surface area (Å²) >= 11 is 1.50. The Morgan fingerprint density at radius 2 is 2.25 bits per heavy atom. The third-order valence-electron chi connectivity index (χ3n) is 3.55. The van der Waals surface area contributed by atoms with E-state index in [0.29, 0.717) is 12.6 Å². The van der Waals surface area contributed by atoms with E-state index in [-0.39, 0.29) is 6.03 Å². The van der Waals surface area contributed by atoms with Crippen molar-refractivity contribution in [3.63, 3.8) is 0 Å². The van der Waals surface area contributed by atoms with Crippen molar-refractivity contribution in [3.8, 4) is 0 Å². The van der Waals surface area contributed by atoms with Gasteiger partial charge in [-0.05, 0) is 19.8 Å². The number of carbonyl (C=O) groups excluding carboxylic acids is 1. The first-order valence-corrected chi connectivity index (χ1v) is 7.88. The monoisotopic (exact) mass is 293 g/mol. The number of hydrogen-bond donors (Lipinski definition) is 2. The van der Waals surface area contributed by atoms with E-state index in [1.165, 1.54) is 30.6 Å². The van der Waals surface area contributed by atoms with Crippen LogP contribution in [0.4, 0.5) is 4.79 Å². The van der Waals surface area contributed by atoms with Crippen molar-refractivity contribution in [2.24, 2.45) is 0 Å². The van der Waals surface area contributed by atoms with Gasteiger partial charge in [0, 0.05) is 6.04 Å². The lowest BCUT2D eigenvalue weighted by molar-refractivity contribution is 0.232. The lowest BCUT2D eigenvalue weighted by atomic mass is 9.96. The van der Waals surface area contributed by atoms with Gasteiger partial charge in [0.2, 0.25) is 4.96 Å². The van der Waals surface area contributed by atoms with Gasteiger partial charge < -0.3 is 10.6 Å². The Labute approximate surface area is 121 Å². The van der Waals surface area contributed by atoms with E-state index in [4.69, 9.17) is 0 Å². The summed E-state index contributed by atoms with van der Waals surface area (Å²) in [5.74, 6) is 0. The number of rotatable bonds is 3. The molecule has 2 amide bonds. The van der Waals surface area contributed by atoms with E-state index in [2.05, 4.69) is 20.7 Å². The van der Waals surface area contributed by atoms with Crippen molar-refractivity contribution < 1.29 is 4.79 Å². The minimum Gasteiger partial charge on any atom is -0.335 e. The average Bonchev–Trinajstić information content (AvgIpc) is 2.94. The Morgan fingerprint density at radius 1 is 1.45 bits per heavy atom. The molecule has 6 nitrogen and oxygen atoms in total. The molecule has 2 aromatic rings. The summed E-state index contributed by atoms with van der Waals surface area (Å²) in [6.07, 6.45) is 7.80. The highest BCUT2D eigenvalue weighted by atomic mass is 32.1. The molecule has 2 heterocycles. The standard InChI is InChI=1S/C13H19N5OS/c1-9-8-18-13(15-9)20-11(17-18)7-14-12(19)16-10-5-3-2-4-6-10/h8,10H,2-7H2,1H3,(H2,14,16,19). The number of fused-ring (bicyclic) bond motifs is 1. The molecule has 20 heavy (non-hydrogen) atoms. The SMILES string of the molecule is Cc1cn2nc(CNC(=O)NC3CCCCC3)sc2n1. The molecule has 1 aliphatic rings. The minimum atomic E-state index is -0.0964. The first-order chi connectivity index (χ1) is 9.70. The van der Waals surface area contributed by atoms with Crippen LogP contribution in [0.15, 0.2) is 6.20 Å². The smallest absolute Gasteiger partial charge is 0.315 e. The van der Waals surface area contributed by atoms with Crippen LogP contribution in [0.5, 0.6) is 0 Å². The van der Waals surface area contributed by atoms with E-state index in [1.54, 1.807) is 4.52 Å². The van der Waals surface area contributed by atoms with E-state index in [1.807, 2.05) is 13.1 Å². The minimum absolute atomic E-state index is 0.0964. The highest BCUT2D eigenvalue weighted by molar-refractivity contribution is 7.16. The molecule has 1 saturated carbocycles. The fourth-order valence-corrected chi connectivity index (χ4v) is 3.42. The molecule has 3 rings (SSSR count). The Morgan fingerprint density at radius 3 is 3.00 bits per heavy atom. The van der Waals surface area contributed by atoms with Gasteiger partial charge in [0.25, 0.3) is 0 Å². The molecule has 0 saturated heterocycles. The zero-order valence-electron chi connectivity index (χ0n) is 11.6. The summed E-state index contributed by atoms with van der Waals surface area (Å²) in [4.78, 5) is 17.0. The number of nitrogens with zero attached hydrogens (tertiary/aromatic N) is 3. The molecule has 0 unspecified atom stereocenters. The van der Waals surface area contributed by atoms with Crippen molar-refractivity contribution >= 4 is 22.3 Å². The van der Waals surface area contributed by atoms with E-state index >= 15 is 0 Å². The second-order valence-corrected chi connectivity index (χ2v) is 6.31. The molecule has 0 bridgehead atoms. The van der Waals surface area contributed by atoms with E-state index < -0.39 is 0 Å². The van der Waals surface area contributed by atoms with Gasteiger partial charge in [-0.15, -0.1) is 0 Å². The highest BCUT2D eigenvalue weighted by Gasteiger charge is 2.15. The maximum absolute atomic E-state index is 11.8. The summed E-state index contributed by atoms with van der Waals surface area (Å²) < 4.78 is 1.76. The summed E-state index contributed by atoms with van der Waals surface area (Å²) in [6, 6.07) is 0.237. The first kappa shape index (κ1) is 13.4. The Kier molecular flexibility index (Phi) is 3.86. The number of imidazole rings is 1. The van der Waals surface area contributed by atoms with Crippen LogP contribution in [-0.4, -0.2) is 26.7 Å². The Bertz CT molecular complexity index is 567. The number of aryl methyl sites for hydroxylation is 1. The molecule has 7 heteroatoms. The lowest BCUT2D eigenvalue weighted by Gasteiger charge is -2.22. The molecule has 1 fully saturated rings. The van der Waals surface area contributed by atoms with Crippen LogP contribution in [0.2, 0.25) is 0 Å². The van der Waals surface area contributed by atoms with Gasteiger partial charge in [-0.3, -0.25) is 0 Å².